The quantitative estimate of drug-likeness (QED) is 0.898. The number of aromatic nitrogens is 2. The number of nitrogens with zero attached hydrogens (tertiary/aromatic N) is 2. The lowest BCUT2D eigenvalue weighted by Gasteiger charge is -2.15. The Morgan fingerprint density at radius 2 is 2.11 bits per heavy atom. The van der Waals surface area contributed by atoms with Crippen molar-refractivity contribution in [2.24, 2.45) is 0 Å². The molecule has 0 unspecified atom stereocenters. The molecule has 2 aromatic heterocycles. The zero-order chi connectivity index (χ0) is 14.2. The Bertz CT molecular complexity index is 632. The van der Waals surface area contributed by atoms with Crippen molar-refractivity contribution in [1.29, 1.82) is 0 Å². The number of carboxylic acids is 1. The highest BCUT2D eigenvalue weighted by Crippen LogP contribution is 2.36. The summed E-state index contributed by atoms with van der Waals surface area (Å²) in [5, 5.41) is 9.92. The van der Waals surface area contributed by atoms with Crippen LogP contribution in [-0.2, 0) is 5.41 Å². The van der Waals surface area contributed by atoms with Gasteiger partial charge in [0.05, 0.1) is 5.69 Å². The minimum absolute atomic E-state index is 0.278. The summed E-state index contributed by atoms with van der Waals surface area (Å²) in [6, 6.07) is 3.67. The Balaban J connectivity index is 2.62. The van der Waals surface area contributed by atoms with Crippen LogP contribution >= 0.6 is 27.3 Å². The average molecular weight is 341 g/mol. The predicted octanol–water partition coefficient (Wildman–Crippen LogP) is 3.96. The molecule has 4 nitrogen and oxygen atoms in total. The second-order valence-corrected chi connectivity index (χ2v) is 6.94. The van der Waals surface area contributed by atoms with Crippen LogP contribution in [0.25, 0.3) is 10.7 Å². The van der Waals surface area contributed by atoms with E-state index in [1.807, 2.05) is 32.9 Å². The molecule has 0 fully saturated rings. The summed E-state index contributed by atoms with van der Waals surface area (Å²) in [4.78, 5) is 20.3. The molecule has 19 heavy (non-hydrogen) atoms. The highest BCUT2D eigenvalue weighted by Gasteiger charge is 2.28. The summed E-state index contributed by atoms with van der Waals surface area (Å²) in [5.74, 6) is -0.944. The van der Waals surface area contributed by atoms with Crippen LogP contribution in [0.2, 0.25) is 0 Å². The Labute approximate surface area is 123 Å². The van der Waals surface area contributed by atoms with E-state index in [4.69, 9.17) is 0 Å². The molecule has 1 N–H and O–H groups in total. The number of hydrogen-bond acceptors (Lipinski definition) is 4. The summed E-state index contributed by atoms with van der Waals surface area (Å²) in [5.41, 5.74) is 0.951. The molecule has 0 radical (unpaired) electrons. The summed E-state index contributed by atoms with van der Waals surface area (Å²) in [6.45, 7) is 5.85. The zero-order valence-electron chi connectivity index (χ0n) is 10.8. The molecule has 0 saturated heterocycles. The van der Waals surface area contributed by atoms with Gasteiger partial charge in [-0.1, -0.05) is 20.8 Å². The van der Waals surface area contributed by atoms with E-state index in [-0.39, 0.29) is 10.3 Å². The van der Waals surface area contributed by atoms with Crippen molar-refractivity contribution in [3.8, 4) is 10.7 Å². The van der Waals surface area contributed by atoms with Crippen molar-refractivity contribution >= 4 is 33.2 Å². The molecule has 0 atom stereocenters. The number of pyridine rings is 1. The minimum Gasteiger partial charge on any atom is -0.477 e. The maximum Gasteiger partial charge on any atom is 0.347 e. The maximum atomic E-state index is 11.3. The number of halogens is 1. The van der Waals surface area contributed by atoms with Gasteiger partial charge in [-0.3, -0.25) is 4.98 Å². The van der Waals surface area contributed by atoms with E-state index >= 15 is 0 Å². The molecule has 2 heterocycles. The average Bonchev–Trinajstić information content (AvgIpc) is 2.74. The summed E-state index contributed by atoms with van der Waals surface area (Å²) in [6.07, 6.45) is 1.67. The number of carbonyl (C=O) groups is 1. The molecule has 0 amide bonds. The van der Waals surface area contributed by atoms with Crippen molar-refractivity contribution in [3.63, 3.8) is 0 Å². The van der Waals surface area contributed by atoms with Crippen LogP contribution in [0, 0.1) is 0 Å². The number of rotatable bonds is 2. The molecule has 0 spiro atoms. The van der Waals surface area contributed by atoms with Gasteiger partial charge in [0.2, 0.25) is 0 Å². The number of thiazole rings is 1. The van der Waals surface area contributed by atoms with Crippen LogP contribution in [-0.4, -0.2) is 21.0 Å². The molecule has 6 heteroatoms. The van der Waals surface area contributed by atoms with Gasteiger partial charge in [-0.15, -0.1) is 11.3 Å². The van der Waals surface area contributed by atoms with Gasteiger partial charge in [0.1, 0.15) is 15.6 Å². The van der Waals surface area contributed by atoms with E-state index in [2.05, 4.69) is 25.9 Å². The SMILES string of the molecule is CC(C)(C)c1nc(-c2ncccc2Br)sc1C(=O)O. The van der Waals surface area contributed by atoms with Gasteiger partial charge in [0.15, 0.2) is 0 Å². The molecule has 0 aliphatic rings. The van der Waals surface area contributed by atoms with Gasteiger partial charge in [-0.05, 0) is 28.1 Å². The second kappa shape index (κ2) is 5.02. The zero-order valence-corrected chi connectivity index (χ0v) is 13.2. The topological polar surface area (TPSA) is 63.1 Å². The Morgan fingerprint density at radius 3 is 2.58 bits per heavy atom. The summed E-state index contributed by atoms with van der Waals surface area (Å²) < 4.78 is 0.807. The third-order valence-electron chi connectivity index (χ3n) is 2.49. The normalized spacial score (nSPS) is 11.6. The highest BCUT2D eigenvalue weighted by molar-refractivity contribution is 9.10. The van der Waals surface area contributed by atoms with E-state index in [0.717, 1.165) is 15.8 Å². The molecular formula is C13H13BrN2O2S. The van der Waals surface area contributed by atoms with Gasteiger partial charge in [-0.2, -0.15) is 0 Å². The minimum atomic E-state index is -0.944. The van der Waals surface area contributed by atoms with E-state index in [1.54, 1.807) is 6.20 Å². The lowest BCUT2D eigenvalue weighted by Crippen LogP contribution is -2.16. The van der Waals surface area contributed by atoms with Gasteiger partial charge in [0.25, 0.3) is 0 Å². The first-order valence-corrected chi connectivity index (χ1v) is 7.27. The Hall–Kier alpha value is -1.27. The lowest BCUT2D eigenvalue weighted by molar-refractivity contribution is 0.0699. The number of aromatic carboxylic acids is 1. The maximum absolute atomic E-state index is 11.3. The van der Waals surface area contributed by atoms with E-state index in [0.29, 0.717) is 16.4 Å². The van der Waals surface area contributed by atoms with Gasteiger partial charge in [0, 0.05) is 16.1 Å². The second-order valence-electron chi connectivity index (χ2n) is 5.09. The van der Waals surface area contributed by atoms with Crippen molar-refractivity contribution in [2.75, 3.05) is 0 Å². The van der Waals surface area contributed by atoms with E-state index in [9.17, 15) is 9.90 Å². The molecule has 0 aliphatic carbocycles. The standard InChI is InChI=1S/C13H13BrN2O2S/c1-13(2,3)10-9(12(17)18)19-11(16-10)8-7(14)5-4-6-15-8/h4-6H,1-3H3,(H,17,18). The molecule has 2 aromatic rings. The lowest BCUT2D eigenvalue weighted by atomic mass is 9.91. The largest absolute Gasteiger partial charge is 0.477 e. The van der Waals surface area contributed by atoms with Crippen LogP contribution in [0.4, 0.5) is 0 Å². The Morgan fingerprint density at radius 1 is 1.42 bits per heavy atom. The third-order valence-corrected chi connectivity index (χ3v) is 4.18. The first-order chi connectivity index (χ1) is 8.80. The number of hydrogen-bond donors (Lipinski definition) is 1. The van der Waals surface area contributed by atoms with Gasteiger partial charge >= 0.3 is 5.97 Å². The molecule has 0 aromatic carbocycles. The third kappa shape index (κ3) is 2.84. The highest BCUT2D eigenvalue weighted by atomic mass is 79.9. The molecule has 100 valence electrons. The van der Waals surface area contributed by atoms with Crippen molar-refractivity contribution < 1.29 is 9.90 Å². The predicted molar refractivity (Wildman–Crippen MR) is 78.7 cm³/mol. The first-order valence-electron chi connectivity index (χ1n) is 5.66. The number of carboxylic acid groups (broad SMARTS) is 1. The van der Waals surface area contributed by atoms with E-state index < -0.39 is 5.97 Å². The molecule has 0 aliphatic heterocycles. The van der Waals surface area contributed by atoms with Crippen LogP contribution in [0.5, 0.6) is 0 Å². The fourth-order valence-corrected chi connectivity index (χ4v) is 3.32. The van der Waals surface area contributed by atoms with Crippen LogP contribution in [0.1, 0.15) is 36.1 Å². The molecule has 0 saturated carbocycles. The molecule has 2 rings (SSSR count). The Kier molecular flexibility index (Phi) is 3.73. The molecule has 0 bridgehead atoms. The van der Waals surface area contributed by atoms with Crippen molar-refractivity contribution in [3.05, 3.63) is 33.4 Å². The van der Waals surface area contributed by atoms with Crippen LogP contribution < -0.4 is 0 Å². The van der Waals surface area contributed by atoms with Gasteiger partial charge < -0.3 is 5.11 Å². The smallest absolute Gasteiger partial charge is 0.347 e. The van der Waals surface area contributed by atoms with Crippen molar-refractivity contribution in [1.82, 2.24) is 9.97 Å². The summed E-state index contributed by atoms with van der Waals surface area (Å²) in [7, 11) is 0. The van der Waals surface area contributed by atoms with Crippen molar-refractivity contribution in [2.45, 2.75) is 26.2 Å². The summed E-state index contributed by atoms with van der Waals surface area (Å²) >= 11 is 4.57. The van der Waals surface area contributed by atoms with Gasteiger partial charge in [-0.25, -0.2) is 9.78 Å². The molecular weight excluding hydrogens is 328 g/mol. The first kappa shape index (κ1) is 14.1. The van der Waals surface area contributed by atoms with Crippen LogP contribution in [0.3, 0.4) is 0 Å². The van der Waals surface area contributed by atoms with Crippen LogP contribution in [0.15, 0.2) is 22.8 Å². The monoisotopic (exact) mass is 340 g/mol. The fraction of sp³-hybridized carbons (Fsp3) is 0.308. The fourth-order valence-electron chi connectivity index (χ4n) is 1.62. The van der Waals surface area contributed by atoms with E-state index in [1.165, 1.54) is 0 Å².